The highest BCUT2D eigenvalue weighted by Gasteiger charge is 2.11. The third-order valence-corrected chi connectivity index (χ3v) is 4.53. The molecule has 3 rings (SSSR count). The molecule has 29 heavy (non-hydrogen) atoms. The molecule has 3 aromatic rings. The van der Waals surface area contributed by atoms with Crippen LogP contribution in [0.3, 0.4) is 0 Å². The van der Waals surface area contributed by atoms with Crippen molar-refractivity contribution in [1.82, 2.24) is 15.3 Å². The van der Waals surface area contributed by atoms with E-state index in [2.05, 4.69) is 46.6 Å². The molecule has 0 unspecified atom stereocenters. The molecule has 150 valence electrons. The molecule has 0 aliphatic heterocycles. The van der Waals surface area contributed by atoms with Crippen LogP contribution in [-0.4, -0.2) is 23.0 Å². The summed E-state index contributed by atoms with van der Waals surface area (Å²) < 4.78 is 5.15. The van der Waals surface area contributed by atoms with E-state index in [0.29, 0.717) is 24.1 Å². The highest BCUT2D eigenvalue weighted by Crippen LogP contribution is 2.19. The van der Waals surface area contributed by atoms with Crippen molar-refractivity contribution in [3.8, 4) is 5.75 Å². The molecule has 1 aromatic heterocycles. The summed E-state index contributed by atoms with van der Waals surface area (Å²) in [7, 11) is 1.62. The minimum Gasteiger partial charge on any atom is -0.497 e. The van der Waals surface area contributed by atoms with Crippen LogP contribution in [0.5, 0.6) is 5.75 Å². The minimum absolute atomic E-state index is 0.246. The first-order valence-electron chi connectivity index (χ1n) is 9.58. The van der Waals surface area contributed by atoms with Crippen molar-refractivity contribution in [1.29, 1.82) is 0 Å². The quantitative estimate of drug-likeness (QED) is 0.617. The Bertz CT molecular complexity index is 967. The third-order valence-electron chi connectivity index (χ3n) is 4.53. The van der Waals surface area contributed by atoms with Crippen molar-refractivity contribution >= 4 is 17.5 Å². The summed E-state index contributed by atoms with van der Waals surface area (Å²) in [5.41, 5.74) is 4.17. The number of hydrogen-bond acceptors (Lipinski definition) is 5. The molecule has 0 saturated carbocycles. The monoisotopic (exact) mass is 390 g/mol. The standard InChI is InChI=1S/C23H26N4O2/c1-15(2)18-7-9-19(10-8-18)26-23-25-16(3)13-21(27-23)22(28)24-14-17-5-11-20(29-4)12-6-17/h5-13,15H,14H2,1-4H3,(H,24,28)(H,25,26,27). The number of rotatable bonds is 7. The maximum Gasteiger partial charge on any atom is 0.270 e. The molecule has 2 N–H and O–H groups in total. The van der Waals surface area contributed by atoms with Crippen LogP contribution in [0.4, 0.5) is 11.6 Å². The van der Waals surface area contributed by atoms with Gasteiger partial charge in [0.2, 0.25) is 5.95 Å². The van der Waals surface area contributed by atoms with Crippen LogP contribution >= 0.6 is 0 Å². The zero-order chi connectivity index (χ0) is 20.8. The smallest absolute Gasteiger partial charge is 0.270 e. The lowest BCUT2D eigenvalue weighted by Crippen LogP contribution is -2.24. The lowest BCUT2D eigenvalue weighted by atomic mass is 10.0. The van der Waals surface area contributed by atoms with Crippen molar-refractivity contribution in [2.45, 2.75) is 33.2 Å². The van der Waals surface area contributed by atoms with E-state index < -0.39 is 0 Å². The van der Waals surface area contributed by atoms with Gasteiger partial charge in [-0.3, -0.25) is 4.79 Å². The largest absolute Gasteiger partial charge is 0.497 e. The second-order valence-corrected chi connectivity index (χ2v) is 7.15. The van der Waals surface area contributed by atoms with Crippen LogP contribution in [0, 0.1) is 6.92 Å². The molecule has 0 aliphatic rings. The predicted molar refractivity (Wildman–Crippen MR) is 115 cm³/mol. The van der Waals surface area contributed by atoms with E-state index in [1.54, 1.807) is 13.2 Å². The Balaban J connectivity index is 1.67. The first-order chi connectivity index (χ1) is 13.9. The Morgan fingerprint density at radius 3 is 2.34 bits per heavy atom. The van der Waals surface area contributed by atoms with E-state index in [-0.39, 0.29) is 5.91 Å². The maximum absolute atomic E-state index is 12.6. The summed E-state index contributed by atoms with van der Waals surface area (Å²) in [6.07, 6.45) is 0. The third kappa shape index (κ3) is 5.54. The molecule has 0 saturated heterocycles. The van der Waals surface area contributed by atoms with E-state index in [1.807, 2.05) is 43.3 Å². The van der Waals surface area contributed by atoms with Gasteiger partial charge in [0.25, 0.3) is 5.91 Å². The lowest BCUT2D eigenvalue weighted by Gasteiger charge is -2.10. The number of carbonyl (C=O) groups is 1. The van der Waals surface area contributed by atoms with Gasteiger partial charge < -0.3 is 15.4 Å². The molecular weight excluding hydrogens is 364 g/mol. The number of aromatic nitrogens is 2. The summed E-state index contributed by atoms with van der Waals surface area (Å²) in [5.74, 6) is 1.41. The summed E-state index contributed by atoms with van der Waals surface area (Å²) >= 11 is 0. The summed E-state index contributed by atoms with van der Waals surface area (Å²) in [5, 5.41) is 6.07. The van der Waals surface area contributed by atoms with Crippen molar-refractivity contribution in [3.05, 3.63) is 77.1 Å². The summed E-state index contributed by atoms with van der Waals surface area (Å²) in [6, 6.07) is 17.4. The molecule has 1 amide bonds. The van der Waals surface area contributed by atoms with Crippen molar-refractivity contribution in [3.63, 3.8) is 0 Å². The van der Waals surface area contributed by atoms with Crippen molar-refractivity contribution < 1.29 is 9.53 Å². The number of aryl methyl sites for hydroxylation is 1. The molecule has 0 atom stereocenters. The Morgan fingerprint density at radius 2 is 1.72 bits per heavy atom. The second-order valence-electron chi connectivity index (χ2n) is 7.15. The van der Waals surface area contributed by atoms with Crippen LogP contribution in [0.2, 0.25) is 0 Å². The van der Waals surface area contributed by atoms with E-state index in [1.165, 1.54) is 5.56 Å². The van der Waals surface area contributed by atoms with E-state index in [0.717, 1.165) is 22.7 Å². The Hall–Kier alpha value is -3.41. The molecule has 0 bridgehead atoms. The number of amides is 1. The van der Waals surface area contributed by atoms with Crippen LogP contribution in [-0.2, 0) is 6.54 Å². The van der Waals surface area contributed by atoms with E-state index in [9.17, 15) is 4.79 Å². The highest BCUT2D eigenvalue weighted by atomic mass is 16.5. The summed E-state index contributed by atoms with van der Waals surface area (Å²) in [6.45, 7) is 6.56. The first-order valence-corrected chi connectivity index (χ1v) is 9.58. The van der Waals surface area contributed by atoms with Gasteiger partial charge >= 0.3 is 0 Å². The normalized spacial score (nSPS) is 10.7. The predicted octanol–water partition coefficient (Wildman–Crippen LogP) is 4.59. The molecule has 0 aliphatic carbocycles. The average molecular weight is 390 g/mol. The van der Waals surface area contributed by atoms with Crippen LogP contribution in [0.1, 0.15) is 47.1 Å². The fourth-order valence-corrected chi connectivity index (χ4v) is 2.84. The number of hydrogen-bond donors (Lipinski definition) is 2. The number of anilines is 2. The number of ether oxygens (including phenoxy) is 1. The lowest BCUT2D eigenvalue weighted by molar-refractivity contribution is 0.0945. The molecule has 6 nitrogen and oxygen atoms in total. The van der Waals surface area contributed by atoms with Gasteiger partial charge in [0.1, 0.15) is 11.4 Å². The van der Waals surface area contributed by atoms with Crippen molar-refractivity contribution in [2.24, 2.45) is 0 Å². The van der Waals surface area contributed by atoms with Crippen LogP contribution in [0.15, 0.2) is 54.6 Å². The molecule has 6 heteroatoms. The molecule has 2 aromatic carbocycles. The fraction of sp³-hybridized carbons (Fsp3) is 0.261. The zero-order valence-electron chi connectivity index (χ0n) is 17.2. The van der Waals surface area contributed by atoms with Crippen LogP contribution < -0.4 is 15.4 Å². The van der Waals surface area contributed by atoms with Gasteiger partial charge in [-0.15, -0.1) is 0 Å². The minimum atomic E-state index is -0.246. The van der Waals surface area contributed by atoms with Gasteiger partial charge in [-0.2, -0.15) is 0 Å². The Kier molecular flexibility index (Phi) is 6.44. The number of carbonyl (C=O) groups excluding carboxylic acids is 1. The maximum atomic E-state index is 12.6. The first kappa shape index (κ1) is 20.3. The summed E-state index contributed by atoms with van der Waals surface area (Å²) in [4.78, 5) is 21.3. The van der Waals surface area contributed by atoms with Gasteiger partial charge in [0.15, 0.2) is 0 Å². The number of methoxy groups -OCH3 is 1. The van der Waals surface area contributed by atoms with Gasteiger partial charge in [-0.05, 0) is 54.3 Å². The number of benzene rings is 2. The fourth-order valence-electron chi connectivity index (χ4n) is 2.84. The average Bonchev–Trinajstić information content (AvgIpc) is 2.72. The van der Waals surface area contributed by atoms with Crippen LogP contribution in [0.25, 0.3) is 0 Å². The van der Waals surface area contributed by atoms with E-state index >= 15 is 0 Å². The molecule has 0 spiro atoms. The molecule has 0 radical (unpaired) electrons. The topological polar surface area (TPSA) is 76.1 Å². The van der Waals surface area contributed by atoms with Gasteiger partial charge in [0.05, 0.1) is 7.11 Å². The van der Waals surface area contributed by atoms with Gasteiger partial charge in [-0.1, -0.05) is 38.1 Å². The second kappa shape index (κ2) is 9.19. The molecular formula is C23H26N4O2. The Labute approximate surface area is 171 Å². The molecule has 1 heterocycles. The van der Waals surface area contributed by atoms with Gasteiger partial charge in [0, 0.05) is 17.9 Å². The highest BCUT2D eigenvalue weighted by molar-refractivity contribution is 5.92. The van der Waals surface area contributed by atoms with E-state index in [4.69, 9.17) is 4.74 Å². The Morgan fingerprint density at radius 1 is 1.03 bits per heavy atom. The van der Waals surface area contributed by atoms with Gasteiger partial charge in [-0.25, -0.2) is 9.97 Å². The number of nitrogens with zero attached hydrogens (tertiary/aromatic N) is 2. The van der Waals surface area contributed by atoms with Crippen molar-refractivity contribution in [2.75, 3.05) is 12.4 Å². The zero-order valence-corrected chi connectivity index (χ0v) is 17.2. The molecule has 0 fully saturated rings. The SMILES string of the molecule is COc1ccc(CNC(=O)c2cc(C)nc(Nc3ccc(C(C)C)cc3)n2)cc1. The number of nitrogens with one attached hydrogen (secondary N) is 2.